The average molecular weight is 532 g/mol. The first-order valence-corrected chi connectivity index (χ1v) is 14.1. The SMILES string of the molecule is CCn1c2ccccc2c2cc(C=NNC(=O)CSc3nc4ccccc4n3Cc3ccc(C)cc3)ccc21. The van der Waals surface area contributed by atoms with Gasteiger partial charge in [0.1, 0.15) is 0 Å². The lowest BCUT2D eigenvalue weighted by Gasteiger charge is -2.09. The predicted molar refractivity (Wildman–Crippen MR) is 162 cm³/mol. The number of carbonyl (C=O) groups excluding carboxylic acids is 1. The van der Waals surface area contributed by atoms with Crippen LogP contribution in [0, 0.1) is 6.92 Å². The molecule has 0 bridgehead atoms. The first kappa shape index (κ1) is 24.9. The van der Waals surface area contributed by atoms with Crippen molar-refractivity contribution in [1.82, 2.24) is 19.5 Å². The van der Waals surface area contributed by atoms with Gasteiger partial charge in [0.25, 0.3) is 5.91 Å². The summed E-state index contributed by atoms with van der Waals surface area (Å²) in [6.45, 7) is 5.85. The first-order valence-electron chi connectivity index (χ1n) is 13.1. The monoisotopic (exact) mass is 531 g/mol. The zero-order valence-corrected chi connectivity index (χ0v) is 22.8. The van der Waals surface area contributed by atoms with E-state index in [1.165, 1.54) is 44.7 Å². The third kappa shape index (κ3) is 5.05. The Balaban J connectivity index is 1.15. The van der Waals surface area contributed by atoms with Crippen molar-refractivity contribution in [1.29, 1.82) is 0 Å². The van der Waals surface area contributed by atoms with E-state index < -0.39 is 0 Å². The number of fused-ring (bicyclic) bond motifs is 4. The molecule has 1 N–H and O–H groups in total. The van der Waals surface area contributed by atoms with E-state index in [1.807, 2.05) is 24.3 Å². The van der Waals surface area contributed by atoms with E-state index in [-0.39, 0.29) is 11.7 Å². The summed E-state index contributed by atoms with van der Waals surface area (Å²) < 4.78 is 4.49. The molecule has 2 heterocycles. The van der Waals surface area contributed by atoms with Crippen LogP contribution in [-0.4, -0.2) is 32.0 Å². The van der Waals surface area contributed by atoms with Crippen molar-refractivity contribution in [2.75, 3.05) is 5.75 Å². The van der Waals surface area contributed by atoms with Crippen LogP contribution in [0.1, 0.15) is 23.6 Å². The maximum Gasteiger partial charge on any atom is 0.250 e. The van der Waals surface area contributed by atoms with Gasteiger partial charge >= 0.3 is 0 Å². The topological polar surface area (TPSA) is 64.2 Å². The Morgan fingerprint density at radius 3 is 2.46 bits per heavy atom. The number of benzene rings is 4. The highest BCUT2D eigenvalue weighted by molar-refractivity contribution is 7.99. The molecule has 0 aliphatic heterocycles. The fraction of sp³-hybridized carbons (Fsp3) is 0.156. The number of para-hydroxylation sites is 3. The number of aromatic nitrogens is 3. The molecule has 39 heavy (non-hydrogen) atoms. The van der Waals surface area contributed by atoms with Crippen LogP contribution >= 0.6 is 11.8 Å². The number of aryl methyl sites for hydroxylation is 2. The van der Waals surface area contributed by atoms with Crippen molar-refractivity contribution in [2.45, 2.75) is 32.1 Å². The molecular formula is C32H29N5OS. The van der Waals surface area contributed by atoms with Crippen LogP contribution in [-0.2, 0) is 17.9 Å². The van der Waals surface area contributed by atoms with Crippen LogP contribution in [0.5, 0.6) is 0 Å². The number of imidazole rings is 1. The highest BCUT2D eigenvalue weighted by atomic mass is 32.2. The molecule has 0 radical (unpaired) electrons. The normalized spacial score (nSPS) is 11.7. The zero-order valence-electron chi connectivity index (χ0n) is 22.0. The Bertz CT molecular complexity index is 1830. The number of hydrazone groups is 1. The van der Waals surface area contributed by atoms with E-state index in [4.69, 9.17) is 4.98 Å². The Morgan fingerprint density at radius 1 is 0.897 bits per heavy atom. The molecule has 2 aromatic heterocycles. The Labute approximate surface area is 231 Å². The fourth-order valence-electron chi connectivity index (χ4n) is 5.03. The molecule has 6 aromatic rings. The maximum atomic E-state index is 12.7. The summed E-state index contributed by atoms with van der Waals surface area (Å²) in [6, 6.07) is 31.3. The molecule has 0 fully saturated rings. The fourth-order valence-corrected chi connectivity index (χ4v) is 5.83. The van der Waals surface area contributed by atoms with Gasteiger partial charge in [0.15, 0.2) is 5.16 Å². The summed E-state index contributed by atoms with van der Waals surface area (Å²) in [6.07, 6.45) is 1.70. The second kappa shape index (κ2) is 10.8. The molecule has 0 spiro atoms. The number of thioether (sulfide) groups is 1. The number of amides is 1. The Morgan fingerprint density at radius 2 is 1.64 bits per heavy atom. The summed E-state index contributed by atoms with van der Waals surface area (Å²) in [5, 5.41) is 7.46. The third-order valence-corrected chi connectivity index (χ3v) is 7.91. The second-order valence-corrected chi connectivity index (χ2v) is 10.5. The summed E-state index contributed by atoms with van der Waals surface area (Å²) in [7, 11) is 0. The molecule has 0 saturated heterocycles. The molecule has 6 nitrogen and oxygen atoms in total. The van der Waals surface area contributed by atoms with Crippen molar-refractivity contribution in [2.24, 2.45) is 5.10 Å². The number of hydrogen-bond acceptors (Lipinski definition) is 4. The summed E-state index contributed by atoms with van der Waals surface area (Å²) in [4.78, 5) is 17.5. The molecule has 0 aliphatic carbocycles. The van der Waals surface area contributed by atoms with Crippen LogP contribution < -0.4 is 5.43 Å². The van der Waals surface area contributed by atoms with Gasteiger partial charge in [-0.3, -0.25) is 4.79 Å². The number of nitrogens with zero attached hydrogens (tertiary/aromatic N) is 4. The van der Waals surface area contributed by atoms with Crippen molar-refractivity contribution in [3.8, 4) is 0 Å². The highest BCUT2D eigenvalue weighted by Gasteiger charge is 2.14. The van der Waals surface area contributed by atoms with Crippen molar-refractivity contribution < 1.29 is 4.79 Å². The van der Waals surface area contributed by atoms with E-state index in [1.54, 1.807) is 6.21 Å². The van der Waals surface area contributed by atoms with Gasteiger partial charge in [-0.2, -0.15) is 5.10 Å². The number of rotatable bonds is 8. The van der Waals surface area contributed by atoms with Crippen molar-refractivity contribution >= 4 is 56.7 Å². The largest absolute Gasteiger partial charge is 0.341 e. The number of carbonyl (C=O) groups is 1. The Kier molecular flexibility index (Phi) is 6.90. The molecular weight excluding hydrogens is 502 g/mol. The molecule has 7 heteroatoms. The number of nitrogens with one attached hydrogen (secondary N) is 1. The first-order chi connectivity index (χ1) is 19.1. The van der Waals surface area contributed by atoms with E-state index in [9.17, 15) is 4.79 Å². The zero-order chi connectivity index (χ0) is 26.8. The van der Waals surface area contributed by atoms with Crippen LogP contribution in [0.15, 0.2) is 101 Å². The van der Waals surface area contributed by atoms with E-state index in [0.717, 1.165) is 28.3 Å². The Hall–Kier alpha value is -4.36. The molecule has 194 valence electrons. The molecule has 4 aromatic carbocycles. The van der Waals surface area contributed by atoms with Gasteiger partial charge in [0.05, 0.1) is 29.5 Å². The van der Waals surface area contributed by atoms with E-state index in [0.29, 0.717) is 6.54 Å². The smallest absolute Gasteiger partial charge is 0.250 e. The molecule has 1 amide bonds. The molecule has 0 unspecified atom stereocenters. The van der Waals surface area contributed by atoms with Crippen LogP contribution in [0.2, 0.25) is 0 Å². The van der Waals surface area contributed by atoms with Gasteiger partial charge < -0.3 is 9.13 Å². The third-order valence-electron chi connectivity index (χ3n) is 6.93. The average Bonchev–Trinajstić information content (AvgIpc) is 3.47. The second-order valence-electron chi connectivity index (χ2n) is 9.57. The molecule has 6 rings (SSSR count). The van der Waals surface area contributed by atoms with Crippen molar-refractivity contribution in [3.05, 3.63) is 108 Å². The van der Waals surface area contributed by atoms with Crippen molar-refractivity contribution in [3.63, 3.8) is 0 Å². The minimum atomic E-state index is -0.172. The van der Waals surface area contributed by atoms with E-state index in [2.05, 4.69) is 100 Å². The van der Waals surface area contributed by atoms with Gasteiger partial charge in [-0.25, -0.2) is 10.4 Å². The van der Waals surface area contributed by atoms with Gasteiger partial charge in [0, 0.05) is 28.4 Å². The summed E-state index contributed by atoms with van der Waals surface area (Å²) in [5.41, 5.74) is 10.4. The minimum Gasteiger partial charge on any atom is -0.341 e. The highest BCUT2D eigenvalue weighted by Crippen LogP contribution is 2.29. The quantitative estimate of drug-likeness (QED) is 0.134. The van der Waals surface area contributed by atoms with Crippen LogP contribution in [0.25, 0.3) is 32.8 Å². The molecule has 0 atom stereocenters. The van der Waals surface area contributed by atoms with Gasteiger partial charge in [0.2, 0.25) is 0 Å². The summed E-state index contributed by atoms with van der Waals surface area (Å²) in [5.74, 6) is 0.0475. The van der Waals surface area contributed by atoms with Crippen LogP contribution in [0.4, 0.5) is 0 Å². The number of hydrogen-bond donors (Lipinski definition) is 1. The lowest BCUT2D eigenvalue weighted by molar-refractivity contribution is -0.118. The maximum absolute atomic E-state index is 12.7. The molecule has 0 aliphatic rings. The van der Waals surface area contributed by atoms with Crippen LogP contribution in [0.3, 0.4) is 0 Å². The van der Waals surface area contributed by atoms with Gasteiger partial charge in [-0.15, -0.1) is 0 Å². The van der Waals surface area contributed by atoms with Gasteiger partial charge in [-0.05, 0) is 55.3 Å². The predicted octanol–water partition coefficient (Wildman–Crippen LogP) is 6.76. The lowest BCUT2D eigenvalue weighted by atomic mass is 10.1. The minimum absolute atomic E-state index is 0.172. The van der Waals surface area contributed by atoms with E-state index >= 15 is 0 Å². The summed E-state index contributed by atoms with van der Waals surface area (Å²) >= 11 is 1.42. The van der Waals surface area contributed by atoms with Gasteiger partial charge in [-0.1, -0.05) is 78.0 Å². The molecule has 0 saturated carbocycles. The standard InChI is InChI=1S/C32H29N5OS/c1-3-36-28-10-6-4-8-25(28)26-18-24(16-17-29(26)36)19-33-35-31(38)21-39-32-34-27-9-5-7-11-30(27)37(32)20-23-14-12-22(2)13-15-23/h4-19H,3,20-21H2,1-2H3,(H,35,38). The lowest BCUT2D eigenvalue weighted by Crippen LogP contribution is -2.20.